The third-order valence-electron chi connectivity index (χ3n) is 2.51. The van der Waals surface area contributed by atoms with Crippen LogP contribution in [0.15, 0.2) is 36.4 Å². The van der Waals surface area contributed by atoms with Gasteiger partial charge in [-0.05, 0) is 24.3 Å². The molecule has 0 bridgehead atoms. The second-order valence-corrected chi connectivity index (χ2v) is 4.76. The number of hydrogen-bond donors (Lipinski definition) is 3. The molecule has 104 valence electrons. The number of rotatable bonds is 4. The minimum Gasteiger partial charge on any atom is -0.354 e. The van der Waals surface area contributed by atoms with Crippen molar-refractivity contribution >= 4 is 46.0 Å². The highest BCUT2D eigenvalue weighted by Gasteiger charge is 2.10. The predicted molar refractivity (Wildman–Crippen MR) is 80.7 cm³/mol. The molecular formula is C12H10Cl2N4O2. The number of non-ortho nitro benzene ring substituents is 1. The molecule has 0 aliphatic carbocycles. The summed E-state index contributed by atoms with van der Waals surface area (Å²) < 4.78 is 0. The molecule has 0 spiro atoms. The largest absolute Gasteiger partial charge is 0.354 e. The van der Waals surface area contributed by atoms with E-state index in [9.17, 15) is 10.1 Å². The summed E-state index contributed by atoms with van der Waals surface area (Å²) in [6.07, 6.45) is 0. The first-order valence-electron chi connectivity index (χ1n) is 5.48. The molecule has 0 heterocycles. The quantitative estimate of drug-likeness (QED) is 0.452. The number of hydrazine groups is 1. The zero-order chi connectivity index (χ0) is 14.7. The lowest BCUT2D eigenvalue weighted by molar-refractivity contribution is -0.384. The van der Waals surface area contributed by atoms with Crippen molar-refractivity contribution in [1.82, 2.24) is 0 Å². The molecule has 0 aliphatic rings. The van der Waals surface area contributed by atoms with E-state index in [4.69, 9.17) is 29.0 Å². The van der Waals surface area contributed by atoms with Gasteiger partial charge < -0.3 is 10.7 Å². The third-order valence-corrected chi connectivity index (χ3v) is 3.05. The number of halogens is 2. The molecule has 0 saturated carbocycles. The molecular weight excluding hydrogens is 303 g/mol. The van der Waals surface area contributed by atoms with Crippen LogP contribution in [0.25, 0.3) is 0 Å². The highest BCUT2D eigenvalue weighted by Crippen LogP contribution is 2.31. The molecule has 0 saturated heterocycles. The molecule has 0 amide bonds. The van der Waals surface area contributed by atoms with Crippen LogP contribution in [-0.4, -0.2) is 4.92 Å². The van der Waals surface area contributed by atoms with E-state index in [1.165, 1.54) is 12.1 Å². The molecule has 0 aromatic heterocycles. The van der Waals surface area contributed by atoms with Crippen LogP contribution in [0.3, 0.4) is 0 Å². The number of benzene rings is 2. The molecule has 2 aromatic carbocycles. The van der Waals surface area contributed by atoms with Gasteiger partial charge in [-0.2, -0.15) is 0 Å². The topological polar surface area (TPSA) is 93.2 Å². The summed E-state index contributed by atoms with van der Waals surface area (Å²) in [5, 5.41) is 14.7. The molecule has 0 fully saturated rings. The maximum absolute atomic E-state index is 10.9. The molecule has 8 heteroatoms. The van der Waals surface area contributed by atoms with Gasteiger partial charge in [-0.3, -0.25) is 16.0 Å². The maximum Gasteiger partial charge on any atom is 0.273 e. The Hall–Kier alpha value is -2.02. The van der Waals surface area contributed by atoms with Crippen LogP contribution < -0.4 is 16.6 Å². The van der Waals surface area contributed by atoms with E-state index in [0.717, 1.165) is 0 Å². The van der Waals surface area contributed by atoms with Crippen LogP contribution >= 0.6 is 23.2 Å². The van der Waals surface area contributed by atoms with Crippen LogP contribution in [-0.2, 0) is 0 Å². The van der Waals surface area contributed by atoms with Gasteiger partial charge in [-0.1, -0.05) is 23.2 Å². The average Bonchev–Trinajstić information content (AvgIpc) is 2.41. The highest BCUT2D eigenvalue weighted by molar-refractivity contribution is 6.36. The van der Waals surface area contributed by atoms with Crippen LogP contribution in [0, 0.1) is 10.1 Å². The molecule has 0 radical (unpaired) electrons. The van der Waals surface area contributed by atoms with Crippen molar-refractivity contribution in [2.24, 2.45) is 5.84 Å². The van der Waals surface area contributed by atoms with Gasteiger partial charge in [0.2, 0.25) is 0 Å². The van der Waals surface area contributed by atoms with Crippen LogP contribution in [0.2, 0.25) is 10.0 Å². The van der Waals surface area contributed by atoms with Crippen molar-refractivity contribution in [3.8, 4) is 0 Å². The molecule has 0 unspecified atom stereocenters. The van der Waals surface area contributed by atoms with E-state index in [2.05, 4.69) is 10.7 Å². The lowest BCUT2D eigenvalue weighted by Gasteiger charge is -2.10. The molecule has 0 atom stereocenters. The summed E-state index contributed by atoms with van der Waals surface area (Å²) in [7, 11) is 0. The first kappa shape index (κ1) is 14.4. The van der Waals surface area contributed by atoms with Gasteiger partial charge in [0, 0.05) is 22.8 Å². The summed E-state index contributed by atoms with van der Waals surface area (Å²) >= 11 is 11.8. The Morgan fingerprint density at radius 2 is 1.80 bits per heavy atom. The highest BCUT2D eigenvalue weighted by atomic mass is 35.5. The van der Waals surface area contributed by atoms with E-state index in [-0.39, 0.29) is 5.69 Å². The van der Waals surface area contributed by atoms with Crippen molar-refractivity contribution in [3.05, 3.63) is 56.6 Å². The minimum absolute atomic E-state index is 0.0898. The minimum atomic E-state index is -0.504. The maximum atomic E-state index is 10.9. The van der Waals surface area contributed by atoms with E-state index in [1.54, 1.807) is 24.3 Å². The summed E-state index contributed by atoms with van der Waals surface area (Å²) in [4.78, 5) is 10.3. The molecule has 20 heavy (non-hydrogen) atoms. The number of nitro groups is 1. The first-order valence-corrected chi connectivity index (χ1v) is 6.23. The molecule has 0 aliphatic heterocycles. The van der Waals surface area contributed by atoms with Crippen LogP contribution in [0.1, 0.15) is 0 Å². The van der Waals surface area contributed by atoms with E-state index < -0.39 is 4.92 Å². The Kier molecular flexibility index (Phi) is 4.29. The summed E-state index contributed by atoms with van der Waals surface area (Å²) in [5.74, 6) is 5.29. The van der Waals surface area contributed by atoms with Crippen molar-refractivity contribution in [1.29, 1.82) is 0 Å². The number of nitrogen functional groups attached to an aromatic ring is 1. The second-order valence-electron chi connectivity index (χ2n) is 3.92. The Labute approximate surface area is 124 Å². The number of anilines is 3. The van der Waals surface area contributed by atoms with Gasteiger partial charge in [0.25, 0.3) is 5.69 Å². The number of nitro benzene ring substituents is 1. The average molecular weight is 313 g/mol. The Morgan fingerprint density at radius 3 is 2.40 bits per heavy atom. The molecule has 6 nitrogen and oxygen atoms in total. The van der Waals surface area contributed by atoms with E-state index in [0.29, 0.717) is 27.1 Å². The van der Waals surface area contributed by atoms with E-state index >= 15 is 0 Å². The first-order chi connectivity index (χ1) is 9.49. The second kappa shape index (κ2) is 5.96. The lowest BCUT2D eigenvalue weighted by atomic mass is 10.2. The number of hydrogen-bond acceptors (Lipinski definition) is 5. The fourth-order valence-electron chi connectivity index (χ4n) is 1.62. The zero-order valence-corrected chi connectivity index (χ0v) is 11.6. The van der Waals surface area contributed by atoms with Crippen molar-refractivity contribution in [3.63, 3.8) is 0 Å². The lowest BCUT2D eigenvalue weighted by Crippen LogP contribution is -2.07. The van der Waals surface area contributed by atoms with Gasteiger partial charge in [0.1, 0.15) is 0 Å². The standard InChI is InChI=1S/C12H10Cl2N4O2/c13-7-1-2-12(11(14)3-7)16-8-4-9(17-15)6-10(5-8)18(19)20/h1-6,16-17H,15H2. The fourth-order valence-corrected chi connectivity index (χ4v) is 2.07. The molecule has 4 N–H and O–H groups in total. The van der Waals surface area contributed by atoms with Crippen molar-refractivity contribution in [2.75, 3.05) is 10.7 Å². The predicted octanol–water partition coefficient (Wildman–Crippen LogP) is 3.93. The third kappa shape index (κ3) is 3.30. The summed E-state index contributed by atoms with van der Waals surface area (Å²) in [6, 6.07) is 9.25. The molecule has 2 rings (SSSR count). The smallest absolute Gasteiger partial charge is 0.273 e. The fraction of sp³-hybridized carbons (Fsp3) is 0. The normalized spacial score (nSPS) is 10.2. The van der Waals surface area contributed by atoms with Crippen LogP contribution in [0.4, 0.5) is 22.7 Å². The monoisotopic (exact) mass is 312 g/mol. The van der Waals surface area contributed by atoms with Gasteiger partial charge in [0.05, 0.1) is 21.3 Å². The Morgan fingerprint density at radius 1 is 1.10 bits per heavy atom. The van der Waals surface area contributed by atoms with Crippen molar-refractivity contribution in [2.45, 2.75) is 0 Å². The Bertz CT molecular complexity index is 664. The van der Waals surface area contributed by atoms with Gasteiger partial charge >= 0.3 is 0 Å². The van der Waals surface area contributed by atoms with Gasteiger partial charge in [0.15, 0.2) is 0 Å². The number of nitrogens with zero attached hydrogens (tertiary/aromatic N) is 1. The van der Waals surface area contributed by atoms with Gasteiger partial charge in [-0.15, -0.1) is 0 Å². The molecule has 2 aromatic rings. The van der Waals surface area contributed by atoms with Gasteiger partial charge in [-0.25, -0.2) is 0 Å². The zero-order valence-electron chi connectivity index (χ0n) is 10.1. The Balaban J connectivity index is 2.37. The number of nitrogens with two attached hydrogens (primary N) is 1. The van der Waals surface area contributed by atoms with E-state index in [1.807, 2.05) is 0 Å². The summed E-state index contributed by atoms with van der Waals surface area (Å²) in [5.41, 5.74) is 3.76. The summed E-state index contributed by atoms with van der Waals surface area (Å²) in [6.45, 7) is 0. The van der Waals surface area contributed by atoms with Crippen molar-refractivity contribution < 1.29 is 4.92 Å². The number of nitrogens with one attached hydrogen (secondary N) is 2. The SMILES string of the molecule is NNc1cc(Nc2ccc(Cl)cc2Cl)cc([N+](=O)[O-])c1. The van der Waals surface area contributed by atoms with Crippen LogP contribution in [0.5, 0.6) is 0 Å².